The molecule has 2 N–H and O–H groups in total. The molecule has 0 aliphatic rings. The Morgan fingerprint density at radius 2 is 2.27 bits per heavy atom. The van der Waals surface area contributed by atoms with Gasteiger partial charge in [0.05, 0.1) is 10.9 Å². The molecule has 0 bridgehead atoms. The van der Waals surface area contributed by atoms with Crippen LogP contribution >= 0.6 is 11.6 Å². The molecule has 0 aliphatic carbocycles. The number of fused-ring (bicyclic) bond motifs is 1. The fourth-order valence-electron chi connectivity index (χ4n) is 0.906. The quantitative estimate of drug-likeness (QED) is 0.576. The third kappa shape index (κ3) is 0.914. The molecule has 0 amide bonds. The SMILES string of the molecule is O=c1[nH][nH]c2cc(Cl)ncc12. The first-order valence-electron chi connectivity index (χ1n) is 2.99. The van der Waals surface area contributed by atoms with E-state index < -0.39 is 0 Å². The van der Waals surface area contributed by atoms with Gasteiger partial charge < -0.3 is 0 Å². The van der Waals surface area contributed by atoms with Crippen molar-refractivity contribution in [2.75, 3.05) is 0 Å². The summed E-state index contributed by atoms with van der Waals surface area (Å²) in [5.74, 6) is 0. The topological polar surface area (TPSA) is 61.5 Å². The van der Waals surface area contributed by atoms with Gasteiger partial charge in [-0.05, 0) is 0 Å². The molecule has 0 aromatic carbocycles. The Morgan fingerprint density at radius 3 is 3.09 bits per heavy atom. The van der Waals surface area contributed by atoms with Gasteiger partial charge in [0.15, 0.2) is 0 Å². The summed E-state index contributed by atoms with van der Waals surface area (Å²) in [5.41, 5.74) is 0.499. The lowest BCUT2D eigenvalue weighted by atomic mass is 10.3. The molecule has 5 heteroatoms. The molecule has 0 radical (unpaired) electrons. The third-order valence-electron chi connectivity index (χ3n) is 1.43. The Labute approximate surface area is 66.2 Å². The maximum Gasteiger partial charge on any atom is 0.273 e. The van der Waals surface area contributed by atoms with Gasteiger partial charge in [-0.1, -0.05) is 11.6 Å². The van der Waals surface area contributed by atoms with E-state index in [1.54, 1.807) is 6.07 Å². The van der Waals surface area contributed by atoms with E-state index in [9.17, 15) is 4.79 Å². The molecule has 0 aliphatic heterocycles. The molecule has 11 heavy (non-hydrogen) atoms. The average molecular weight is 170 g/mol. The summed E-state index contributed by atoms with van der Waals surface area (Å²) in [4.78, 5) is 14.7. The fraction of sp³-hybridized carbons (Fsp3) is 0. The average Bonchev–Trinajstić information content (AvgIpc) is 2.32. The van der Waals surface area contributed by atoms with Crippen molar-refractivity contribution < 1.29 is 0 Å². The Kier molecular flexibility index (Phi) is 1.22. The smallest absolute Gasteiger partial charge is 0.273 e. The van der Waals surface area contributed by atoms with Crippen molar-refractivity contribution in [2.45, 2.75) is 0 Å². The number of aromatic amines is 2. The van der Waals surface area contributed by atoms with Gasteiger partial charge in [-0.15, -0.1) is 0 Å². The first-order valence-corrected chi connectivity index (χ1v) is 3.37. The molecule has 2 aromatic heterocycles. The standard InChI is InChI=1S/C6H4ClN3O/c7-5-1-4-3(2-8-5)6(11)10-9-4/h1-2H,(H2,9,10,11). The summed E-state index contributed by atoms with van der Waals surface area (Å²) >= 11 is 5.58. The van der Waals surface area contributed by atoms with Crippen LogP contribution in [0.3, 0.4) is 0 Å². The normalized spacial score (nSPS) is 10.6. The highest BCUT2D eigenvalue weighted by molar-refractivity contribution is 6.29. The van der Waals surface area contributed by atoms with Crippen molar-refractivity contribution in [3.8, 4) is 0 Å². The van der Waals surface area contributed by atoms with Gasteiger partial charge in [0.25, 0.3) is 5.56 Å². The second kappa shape index (κ2) is 2.10. The lowest BCUT2D eigenvalue weighted by molar-refractivity contribution is 1.08. The van der Waals surface area contributed by atoms with Crippen LogP contribution < -0.4 is 5.56 Å². The largest absolute Gasteiger partial charge is 0.297 e. The number of nitrogens with one attached hydrogen (secondary N) is 2. The van der Waals surface area contributed by atoms with Gasteiger partial charge in [0, 0.05) is 12.3 Å². The van der Waals surface area contributed by atoms with Gasteiger partial charge in [0.1, 0.15) is 5.15 Å². The molecule has 0 spiro atoms. The van der Waals surface area contributed by atoms with E-state index >= 15 is 0 Å². The van der Waals surface area contributed by atoms with Crippen molar-refractivity contribution in [3.63, 3.8) is 0 Å². The van der Waals surface area contributed by atoms with Crippen LogP contribution in [0, 0.1) is 0 Å². The molecule has 0 atom stereocenters. The summed E-state index contributed by atoms with van der Waals surface area (Å²) in [6.07, 6.45) is 1.44. The van der Waals surface area contributed by atoms with Crippen LogP contribution in [0.15, 0.2) is 17.1 Å². The van der Waals surface area contributed by atoms with Gasteiger partial charge in [0.2, 0.25) is 0 Å². The van der Waals surface area contributed by atoms with Crippen molar-refractivity contribution >= 4 is 22.5 Å². The molecule has 2 aromatic rings. The fourth-order valence-corrected chi connectivity index (χ4v) is 1.06. The maximum absolute atomic E-state index is 10.9. The zero-order valence-electron chi connectivity index (χ0n) is 5.39. The number of hydrogen-bond donors (Lipinski definition) is 2. The molecule has 56 valence electrons. The number of hydrogen-bond acceptors (Lipinski definition) is 2. The number of aromatic nitrogens is 3. The Balaban J connectivity index is 2.97. The summed E-state index contributed by atoms with van der Waals surface area (Å²) in [6.45, 7) is 0. The molecule has 4 nitrogen and oxygen atoms in total. The van der Waals surface area contributed by atoms with Crippen molar-refractivity contribution in [1.29, 1.82) is 0 Å². The van der Waals surface area contributed by atoms with Crippen molar-refractivity contribution in [1.82, 2.24) is 15.2 Å². The molecule has 0 fully saturated rings. The second-order valence-corrected chi connectivity index (χ2v) is 2.52. The van der Waals surface area contributed by atoms with E-state index in [2.05, 4.69) is 15.2 Å². The summed E-state index contributed by atoms with van der Waals surface area (Å²) in [7, 11) is 0. The maximum atomic E-state index is 10.9. The van der Waals surface area contributed by atoms with E-state index in [-0.39, 0.29) is 5.56 Å². The third-order valence-corrected chi connectivity index (χ3v) is 1.63. The number of rotatable bonds is 0. The monoisotopic (exact) mass is 169 g/mol. The highest BCUT2D eigenvalue weighted by atomic mass is 35.5. The Morgan fingerprint density at radius 1 is 1.45 bits per heavy atom. The van der Waals surface area contributed by atoms with Gasteiger partial charge in [-0.25, -0.2) is 4.98 Å². The van der Waals surface area contributed by atoms with Crippen LogP contribution in [0.4, 0.5) is 0 Å². The van der Waals surface area contributed by atoms with Gasteiger partial charge >= 0.3 is 0 Å². The Hall–Kier alpha value is -1.29. The minimum Gasteiger partial charge on any atom is -0.297 e. The van der Waals surface area contributed by atoms with Gasteiger partial charge in [-0.2, -0.15) is 0 Å². The molecule has 2 heterocycles. The predicted octanol–water partition coefficient (Wildman–Crippen LogP) is 0.905. The minimum absolute atomic E-state index is 0.177. The molecular weight excluding hydrogens is 166 g/mol. The van der Waals surface area contributed by atoms with Crippen molar-refractivity contribution in [2.24, 2.45) is 0 Å². The number of pyridine rings is 1. The highest BCUT2D eigenvalue weighted by Crippen LogP contribution is 2.09. The summed E-state index contributed by atoms with van der Waals surface area (Å²) in [5, 5.41) is 5.98. The van der Waals surface area contributed by atoms with Gasteiger partial charge in [-0.3, -0.25) is 15.0 Å². The summed E-state index contributed by atoms with van der Waals surface area (Å²) < 4.78 is 0. The highest BCUT2D eigenvalue weighted by Gasteiger charge is 1.99. The second-order valence-electron chi connectivity index (χ2n) is 2.13. The van der Waals surface area contributed by atoms with Crippen LogP contribution in [-0.2, 0) is 0 Å². The molecule has 0 unspecified atom stereocenters. The minimum atomic E-state index is -0.177. The molecular formula is C6H4ClN3O. The van der Waals surface area contributed by atoms with E-state index in [0.29, 0.717) is 16.1 Å². The zero-order chi connectivity index (χ0) is 7.84. The molecule has 2 rings (SSSR count). The van der Waals surface area contributed by atoms with Crippen LogP contribution in [0.25, 0.3) is 10.9 Å². The van der Waals surface area contributed by atoms with Crippen LogP contribution in [0.1, 0.15) is 0 Å². The zero-order valence-corrected chi connectivity index (χ0v) is 6.14. The molecule has 0 saturated carbocycles. The number of nitrogens with zero attached hydrogens (tertiary/aromatic N) is 1. The summed E-state index contributed by atoms with van der Waals surface area (Å²) in [6, 6.07) is 1.59. The van der Waals surface area contributed by atoms with E-state index in [1.807, 2.05) is 0 Å². The first kappa shape index (κ1) is 6.42. The van der Waals surface area contributed by atoms with E-state index in [0.717, 1.165) is 0 Å². The molecule has 0 saturated heterocycles. The van der Waals surface area contributed by atoms with Crippen LogP contribution in [-0.4, -0.2) is 15.2 Å². The lowest BCUT2D eigenvalue weighted by Gasteiger charge is -1.86. The Bertz CT molecular complexity index is 444. The van der Waals surface area contributed by atoms with E-state index in [4.69, 9.17) is 11.6 Å². The number of H-pyrrole nitrogens is 2. The lowest BCUT2D eigenvalue weighted by Crippen LogP contribution is -1.97. The van der Waals surface area contributed by atoms with Crippen LogP contribution in [0.2, 0.25) is 5.15 Å². The number of halogens is 1. The first-order chi connectivity index (χ1) is 5.27. The van der Waals surface area contributed by atoms with Crippen molar-refractivity contribution in [3.05, 3.63) is 27.8 Å². The van der Waals surface area contributed by atoms with E-state index in [1.165, 1.54) is 6.20 Å². The predicted molar refractivity (Wildman–Crippen MR) is 41.7 cm³/mol. The van der Waals surface area contributed by atoms with Crippen LogP contribution in [0.5, 0.6) is 0 Å².